The van der Waals surface area contributed by atoms with Gasteiger partial charge in [0, 0.05) is 19.2 Å². The summed E-state index contributed by atoms with van der Waals surface area (Å²) in [6.45, 7) is 2.71. The molecule has 0 saturated heterocycles. The molecule has 1 aromatic heterocycles. The van der Waals surface area contributed by atoms with E-state index in [0.717, 1.165) is 17.7 Å². The number of aromatic nitrogens is 2. The Morgan fingerprint density at radius 3 is 2.58 bits per heavy atom. The van der Waals surface area contributed by atoms with Crippen molar-refractivity contribution >= 4 is 34.1 Å². The second kappa shape index (κ2) is 6.26. The minimum atomic E-state index is -0.119. The summed E-state index contributed by atoms with van der Waals surface area (Å²) in [5.41, 5.74) is 2.88. The average molecular weight is 345 g/mol. The molecule has 0 spiro atoms. The number of carbonyl (C=O) groups is 1. The average Bonchev–Trinajstić information content (AvgIpc) is 2.92. The third-order valence-corrected chi connectivity index (χ3v) is 4.70. The van der Waals surface area contributed by atoms with E-state index in [-0.39, 0.29) is 11.5 Å². The maximum Gasteiger partial charge on any atom is 0.261 e. The van der Waals surface area contributed by atoms with Gasteiger partial charge in [-0.05, 0) is 30.7 Å². The number of anilines is 1. The topological polar surface area (TPSA) is 55.2 Å². The normalized spacial score (nSPS) is 15.1. The van der Waals surface area contributed by atoms with E-state index >= 15 is 0 Å². The third-order valence-electron chi connectivity index (χ3n) is 4.70. The number of rotatable bonds is 3. The molecule has 130 valence electrons. The third kappa shape index (κ3) is 2.44. The van der Waals surface area contributed by atoms with Gasteiger partial charge in [0.1, 0.15) is 5.82 Å². The van der Waals surface area contributed by atoms with Crippen LogP contribution in [0.1, 0.15) is 24.7 Å². The van der Waals surface area contributed by atoms with Crippen molar-refractivity contribution in [1.29, 1.82) is 0 Å². The summed E-state index contributed by atoms with van der Waals surface area (Å²) < 4.78 is 1.49. The van der Waals surface area contributed by atoms with Gasteiger partial charge in [0.25, 0.3) is 11.5 Å². The fraction of sp³-hybridized carbons (Fsp3) is 0.190. The van der Waals surface area contributed by atoms with Crippen LogP contribution in [0.15, 0.2) is 53.3 Å². The van der Waals surface area contributed by atoms with Crippen LogP contribution in [0.4, 0.5) is 5.69 Å². The summed E-state index contributed by atoms with van der Waals surface area (Å²) in [7, 11) is 1.68. The van der Waals surface area contributed by atoms with E-state index in [9.17, 15) is 9.59 Å². The lowest BCUT2D eigenvalue weighted by molar-refractivity contribution is -0.113. The Balaban J connectivity index is 1.92. The molecule has 0 bridgehead atoms. The molecular formula is C21H19N3O2. The van der Waals surface area contributed by atoms with Gasteiger partial charge in [0.2, 0.25) is 0 Å². The Labute approximate surface area is 151 Å². The zero-order chi connectivity index (χ0) is 18.3. The fourth-order valence-corrected chi connectivity index (χ4v) is 3.39. The molecule has 2 aromatic carbocycles. The maximum atomic E-state index is 13.0. The predicted molar refractivity (Wildman–Crippen MR) is 104 cm³/mol. The Hall–Kier alpha value is -3.21. The first-order chi connectivity index (χ1) is 12.6. The molecule has 26 heavy (non-hydrogen) atoms. The van der Waals surface area contributed by atoms with Gasteiger partial charge in [0.15, 0.2) is 0 Å². The van der Waals surface area contributed by atoms with Crippen molar-refractivity contribution in [3.8, 4) is 0 Å². The lowest BCUT2D eigenvalue weighted by Gasteiger charge is -2.15. The minimum absolute atomic E-state index is 0.0459. The van der Waals surface area contributed by atoms with Crippen molar-refractivity contribution in [2.45, 2.75) is 13.3 Å². The summed E-state index contributed by atoms with van der Waals surface area (Å²) in [6.07, 6.45) is 2.60. The number of amides is 1. The summed E-state index contributed by atoms with van der Waals surface area (Å²) >= 11 is 0. The van der Waals surface area contributed by atoms with Gasteiger partial charge in [-0.2, -0.15) is 0 Å². The second-order valence-electron chi connectivity index (χ2n) is 6.38. The van der Waals surface area contributed by atoms with Crippen molar-refractivity contribution in [3.63, 3.8) is 0 Å². The standard InChI is InChI=1S/C21H19N3O2/c1-3-12-24-18-11-7-5-8-14(18)16(21(24)26)13-19-22-17-10-6-4-9-15(17)20(25)23(19)2/h4-11,13H,3,12H2,1-2H3/b16-13-. The van der Waals surface area contributed by atoms with Crippen LogP contribution in [0.25, 0.3) is 22.6 Å². The van der Waals surface area contributed by atoms with Crippen molar-refractivity contribution < 1.29 is 4.79 Å². The maximum absolute atomic E-state index is 13.0. The molecule has 3 aromatic rings. The van der Waals surface area contributed by atoms with E-state index in [4.69, 9.17) is 0 Å². The smallest absolute Gasteiger partial charge is 0.261 e. The number of benzene rings is 2. The lowest BCUT2D eigenvalue weighted by Crippen LogP contribution is -2.27. The lowest BCUT2D eigenvalue weighted by atomic mass is 10.1. The van der Waals surface area contributed by atoms with E-state index in [1.807, 2.05) is 49.4 Å². The molecule has 0 saturated carbocycles. The molecule has 0 atom stereocenters. The van der Waals surface area contributed by atoms with Crippen LogP contribution in [0.5, 0.6) is 0 Å². The first-order valence-electron chi connectivity index (χ1n) is 8.70. The number of hydrogen-bond acceptors (Lipinski definition) is 3. The summed E-state index contributed by atoms with van der Waals surface area (Å²) in [4.78, 5) is 32.0. The molecule has 4 rings (SSSR count). The number of para-hydroxylation sites is 2. The summed E-state index contributed by atoms with van der Waals surface area (Å²) in [6, 6.07) is 15.0. The highest BCUT2D eigenvalue weighted by molar-refractivity contribution is 6.35. The molecule has 5 nitrogen and oxygen atoms in total. The van der Waals surface area contributed by atoms with E-state index in [0.29, 0.717) is 28.8 Å². The molecular weight excluding hydrogens is 326 g/mol. The van der Waals surface area contributed by atoms with Crippen LogP contribution in [0.3, 0.4) is 0 Å². The number of hydrogen-bond donors (Lipinski definition) is 0. The highest BCUT2D eigenvalue weighted by Gasteiger charge is 2.31. The fourth-order valence-electron chi connectivity index (χ4n) is 3.39. The van der Waals surface area contributed by atoms with Crippen LogP contribution in [-0.4, -0.2) is 22.0 Å². The minimum Gasteiger partial charge on any atom is -0.308 e. The predicted octanol–water partition coefficient (Wildman–Crippen LogP) is 3.23. The molecule has 5 heteroatoms. The van der Waals surface area contributed by atoms with Gasteiger partial charge < -0.3 is 4.90 Å². The van der Waals surface area contributed by atoms with Gasteiger partial charge in [-0.1, -0.05) is 37.3 Å². The van der Waals surface area contributed by atoms with E-state index in [1.54, 1.807) is 24.1 Å². The Bertz CT molecular complexity index is 1110. The SMILES string of the molecule is CCCN1C(=O)/C(=C\c2nc3ccccc3c(=O)n2C)c2ccccc21. The summed E-state index contributed by atoms with van der Waals surface area (Å²) in [5, 5.41) is 0.572. The van der Waals surface area contributed by atoms with E-state index in [2.05, 4.69) is 4.98 Å². The van der Waals surface area contributed by atoms with Gasteiger partial charge in [0.05, 0.1) is 22.2 Å². The van der Waals surface area contributed by atoms with Crippen LogP contribution in [0, 0.1) is 0 Å². The molecule has 1 aliphatic rings. The Morgan fingerprint density at radius 1 is 1.04 bits per heavy atom. The number of carbonyl (C=O) groups excluding carboxylic acids is 1. The largest absolute Gasteiger partial charge is 0.308 e. The van der Waals surface area contributed by atoms with E-state index < -0.39 is 0 Å². The molecule has 2 heterocycles. The van der Waals surface area contributed by atoms with Crippen LogP contribution in [-0.2, 0) is 11.8 Å². The molecule has 0 N–H and O–H groups in total. The van der Waals surface area contributed by atoms with Crippen LogP contribution >= 0.6 is 0 Å². The number of nitrogens with zero attached hydrogens (tertiary/aromatic N) is 3. The van der Waals surface area contributed by atoms with Gasteiger partial charge in [-0.15, -0.1) is 0 Å². The van der Waals surface area contributed by atoms with Gasteiger partial charge in [-0.3, -0.25) is 14.2 Å². The number of fused-ring (bicyclic) bond motifs is 2. The van der Waals surface area contributed by atoms with Crippen molar-refractivity contribution in [2.75, 3.05) is 11.4 Å². The van der Waals surface area contributed by atoms with Crippen LogP contribution < -0.4 is 10.5 Å². The van der Waals surface area contributed by atoms with E-state index in [1.165, 1.54) is 4.57 Å². The van der Waals surface area contributed by atoms with Crippen LogP contribution in [0.2, 0.25) is 0 Å². The molecule has 0 radical (unpaired) electrons. The van der Waals surface area contributed by atoms with Gasteiger partial charge in [-0.25, -0.2) is 4.98 Å². The Morgan fingerprint density at radius 2 is 1.77 bits per heavy atom. The van der Waals surface area contributed by atoms with Crippen molar-refractivity contribution in [2.24, 2.45) is 7.05 Å². The zero-order valence-corrected chi connectivity index (χ0v) is 14.8. The van der Waals surface area contributed by atoms with Gasteiger partial charge >= 0.3 is 0 Å². The summed E-state index contributed by atoms with van der Waals surface area (Å²) in [5.74, 6) is 0.431. The first-order valence-corrected chi connectivity index (χ1v) is 8.70. The molecule has 0 aliphatic carbocycles. The highest BCUT2D eigenvalue weighted by atomic mass is 16.2. The first kappa shape index (κ1) is 16.3. The highest BCUT2D eigenvalue weighted by Crippen LogP contribution is 2.37. The van der Waals surface area contributed by atoms with Crippen molar-refractivity contribution in [1.82, 2.24) is 9.55 Å². The molecule has 0 fully saturated rings. The monoisotopic (exact) mass is 345 g/mol. The van der Waals surface area contributed by atoms with Crippen molar-refractivity contribution in [3.05, 3.63) is 70.3 Å². The molecule has 1 amide bonds. The second-order valence-corrected chi connectivity index (χ2v) is 6.38. The quantitative estimate of drug-likeness (QED) is 0.685. The Kier molecular flexibility index (Phi) is 3.92. The molecule has 1 aliphatic heterocycles. The zero-order valence-electron chi connectivity index (χ0n) is 14.8. The molecule has 0 unspecified atom stereocenters.